The molecule has 0 aliphatic carbocycles. The Bertz CT molecular complexity index is 152. The standard InChI is InChI=1S/C16H35N/c1-5-6-7-8-9-10-11-12-13-14-15-16(2,3)17-4/h17H,5-15H2,1-4H3. The van der Waals surface area contributed by atoms with Crippen LogP contribution in [0, 0.1) is 0 Å². The first kappa shape index (κ1) is 17.0. The van der Waals surface area contributed by atoms with Gasteiger partial charge in [0.1, 0.15) is 0 Å². The molecule has 0 aromatic carbocycles. The minimum atomic E-state index is 0.333. The number of hydrogen-bond acceptors (Lipinski definition) is 1. The van der Waals surface area contributed by atoms with Crippen LogP contribution in [0.5, 0.6) is 0 Å². The predicted molar refractivity (Wildman–Crippen MR) is 79.6 cm³/mol. The predicted octanol–water partition coefficient (Wildman–Crippen LogP) is 5.30. The number of nitrogens with one attached hydrogen (secondary N) is 1. The summed E-state index contributed by atoms with van der Waals surface area (Å²) in [5, 5.41) is 3.37. The largest absolute Gasteiger partial charge is 0.315 e. The topological polar surface area (TPSA) is 12.0 Å². The Labute approximate surface area is 110 Å². The van der Waals surface area contributed by atoms with E-state index in [1.165, 1.54) is 70.6 Å². The van der Waals surface area contributed by atoms with Crippen molar-refractivity contribution in [3.8, 4) is 0 Å². The summed E-state index contributed by atoms with van der Waals surface area (Å²) >= 11 is 0. The van der Waals surface area contributed by atoms with Crippen LogP contribution in [0.3, 0.4) is 0 Å². The van der Waals surface area contributed by atoms with E-state index in [-0.39, 0.29) is 0 Å². The Kier molecular flexibility index (Phi) is 11.0. The molecule has 0 bridgehead atoms. The number of unbranched alkanes of at least 4 members (excludes halogenated alkanes) is 9. The lowest BCUT2D eigenvalue weighted by atomic mass is 9.96. The van der Waals surface area contributed by atoms with Gasteiger partial charge in [0.2, 0.25) is 0 Å². The van der Waals surface area contributed by atoms with Gasteiger partial charge >= 0.3 is 0 Å². The zero-order chi connectivity index (χ0) is 13.0. The Hall–Kier alpha value is -0.0400. The molecule has 0 amide bonds. The molecule has 0 rings (SSSR count). The highest BCUT2D eigenvalue weighted by Gasteiger charge is 2.12. The van der Waals surface area contributed by atoms with Crippen molar-refractivity contribution in [3.63, 3.8) is 0 Å². The van der Waals surface area contributed by atoms with Gasteiger partial charge in [0.25, 0.3) is 0 Å². The van der Waals surface area contributed by atoms with Crippen LogP contribution in [-0.2, 0) is 0 Å². The lowest BCUT2D eigenvalue weighted by Gasteiger charge is -2.23. The van der Waals surface area contributed by atoms with Crippen molar-refractivity contribution in [2.75, 3.05) is 7.05 Å². The number of rotatable bonds is 12. The van der Waals surface area contributed by atoms with Crippen molar-refractivity contribution in [3.05, 3.63) is 0 Å². The Morgan fingerprint density at radius 1 is 0.706 bits per heavy atom. The van der Waals surface area contributed by atoms with Crippen molar-refractivity contribution in [1.82, 2.24) is 5.32 Å². The molecule has 0 heterocycles. The fourth-order valence-corrected chi connectivity index (χ4v) is 2.18. The summed E-state index contributed by atoms with van der Waals surface area (Å²) in [6.45, 7) is 6.87. The lowest BCUT2D eigenvalue weighted by Crippen LogP contribution is -2.35. The van der Waals surface area contributed by atoms with E-state index < -0.39 is 0 Å². The van der Waals surface area contributed by atoms with Crippen molar-refractivity contribution >= 4 is 0 Å². The lowest BCUT2D eigenvalue weighted by molar-refractivity contribution is 0.373. The molecule has 0 fully saturated rings. The first-order chi connectivity index (χ1) is 8.12. The second-order valence-electron chi connectivity index (χ2n) is 6.07. The van der Waals surface area contributed by atoms with Gasteiger partial charge in [-0.05, 0) is 27.3 Å². The summed E-state index contributed by atoms with van der Waals surface area (Å²) in [6, 6.07) is 0. The maximum absolute atomic E-state index is 3.37. The second-order valence-corrected chi connectivity index (χ2v) is 6.07. The normalized spacial score (nSPS) is 12.0. The molecule has 0 saturated carbocycles. The highest BCUT2D eigenvalue weighted by Crippen LogP contribution is 2.15. The first-order valence-corrected chi connectivity index (χ1v) is 7.81. The third-order valence-corrected chi connectivity index (χ3v) is 3.83. The third-order valence-electron chi connectivity index (χ3n) is 3.83. The van der Waals surface area contributed by atoms with E-state index in [4.69, 9.17) is 0 Å². The SMILES string of the molecule is CCCCCCCCCCCCC(C)(C)NC. The Balaban J connectivity index is 3.09. The van der Waals surface area contributed by atoms with Crippen LogP contribution in [0.1, 0.15) is 91.4 Å². The minimum absolute atomic E-state index is 0.333. The van der Waals surface area contributed by atoms with Crippen molar-refractivity contribution in [1.29, 1.82) is 0 Å². The van der Waals surface area contributed by atoms with E-state index in [1.54, 1.807) is 0 Å². The monoisotopic (exact) mass is 241 g/mol. The van der Waals surface area contributed by atoms with Gasteiger partial charge in [-0.2, -0.15) is 0 Å². The van der Waals surface area contributed by atoms with E-state index in [0.29, 0.717) is 5.54 Å². The fourth-order valence-electron chi connectivity index (χ4n) is 2.18. The van der Waals surface area contributed by atoms with Gasteiger partial charge in [0.05, 0.1) is 0 Å². The van der Waals surface area contributed by atoms with Crippen LogP contribution in [0.25, 0.3) is 0 Å². The molecule has 0 radical (unpaired) electrons. The molecule has 17 heavy (non-hydrogen) atoms. The second kappa shape index (κ2) is 11.1. The van der Waals surface area contributed by atoms with Gasteiger partial charge in [0.15, 0.2) is 0 Å². The molecule has 0 spiro atoms. The van der Waals surface area contributed by atoms with E-state index in [9.17, 15) is 0 Å². The van der Waals surface area contributed by atoms with Gasteiger partial charge in [-0.1, -0.05) is 71.1 Å². The van der Waals surface area contributed by atoms with Gasteiger partial charge in [-0.15, -0.1) is 0 Å². The van der Waals surface area contributed by atoms with E-state index in [1.807, 2.05) is 0 Å². The maximum Gasteiger partial charge on any atom is 0.0122 e. The van der Waals surface area contributed by atoms with E-state index in [2.05, 4.69) is 33.1 Å². The van der Waals surface area contributed by atoms with Crippen molar-refractivity contribution in [2.24, 2.45) is 0 Å². The van der Waals surface area contributed by atoms with Gasteiger partial charge in [-0.25, -0.2) is 0 Å². The highest BCUT2D eigenvalue weighted by atomic mass is 14.9. The van der Waals surface area contributed by atoms with Crippen LogP contribution >= 0.6 is 0 Å². The molecule has 0 aliphatic rings. The summed E-state index contributed by atoms with van der Waals surface area (Å²) in [6.07, 6.45) is 15.6. The Morgan fingerprint density at radius 3 is 1.53 bits per heavy atom. The van der Waals surface area contributed by atoms with E-state index >= 15 is 0 Å². The molecule has 0 unspecified atom stereocenters. The quantitative estimate of drug-likeness (QED) is 0.457. The zero-order valence-corrected chi connectivity index (χ0v) is 12.8. The van der Waals surface area contributed by atoms with E-state index in [0.717, 1.165) is 0 Å². The van der Waals surface area contributed by atoms with Crippen LogP contribution in [0.2, 0.25) is 0 Å². The van der Waals surface area contributed by atoms with Gasteiger partial charge in [-0.3, -0.25) is 0 Å². The van der Waals surface area contributed by atoms with Crippen LogP contribution in [0.15, 0.2) is 0 Å². The Morgan fingerprint density at radius 2 is 1.12 bits per heavy atom. The van der Waals surface area contributed by atoms with Crippen molar-refractivity contribution < 1.29 is 0 Å². The van der Waals surface area contributed by atoms with Crippen molar-refractivity contribution in [2.45, 2.75) is 96.9 Å². The van der Waals surface area contributed by atoms with Gasteiger partial charge in [0, 0.05) is 5.54 Å². The molecule has 104 valence electrons. The molecule has 0 saturated heterocycles. The third kappa shape index (κ3) is 12.2. The summed E-state index contributed by atoms with van der Waals surface area (Å²) < 4.78 is 0. The van der Waals surface area contributed by atoms with Crippen LogP contribution < -0.4 is 5.32 Å². The summed E-state index contributed by atoms with van der Waals surface area (Å²) in [4.78, 5) is 0. The average Bonchev–Trinajstić information content (AvgIpc) is 2.31. The smallest absolute Gasteiger partial charge is 0.0122 e. The summed E-state index contributed by atoms with van der Waals surface area (Å²) in [5.74, 6) is 0. The molecule has 0 atom stereocenters. The molecule has 0 aromatic rings. The van der Waals surface area contributed by atoms with Crippen LogP contribution in [-0.4, -0.2) is 12.6 Å². The fraction of sp³-hybridized carbons (Fsp3) is 1.00. The molecule has 0 aromatic heterocycles. The molecular formula is C16H35N. The molecule has 1 heteroatoms. The molecular weight excluding hydrogens is 206 g/mol. The zero-order valence-electron chi connectivity index (χ0n) is 12.8. The first-order valence-electron chi connectivity index (χ1n) is 7.81. The molecule has 0 aliphatic heterocycles. The average molecular weight is 241 g/mol. The highest BCUT2D eigenvalue weighted by molar-refractivity contribution is 4.74. The maximum atomic E-state index is 3.37. The van der Waals surface area contributed by atoms with Gasteiger partial charge < -0.3 is 5.32 Å². The number of hydrogen-bond donors (Lipinski definition) is 1. The summed E-state index contributed by atoms with van der Waals surface area (Å²) in [7, 11) is 2.07. The van der Waals surface area contributed by atoms with Crippen LogP contribution in [0.4, 0.5) is 0 Å². The minimum Gasteiger partial charge on any atom is -0.315 e. The summed E-state index contributed by atoms with van der Waals surface area (Å²) in [5.41, 5.74) is 0.333. The molecule has 1 nitrogen and oxygen atoms in total. The molecule has 1 N–H and O–H groups in total.